The Morgan fingerprint density at radius 2 is 2.04 bits per heavy atom. The Morgan fingerprint density at radius 3 is 2.82 bits per heavy atom. The van der Waals surface area contributed by atoms with Crippen LogP contribution in [0.25, 0.3) is 11.0 Å². The summed E-state index contributed by atoms with van der Waals surface area (Å²) in [5, 5.41) is 11.7. The molecule has 1 aliphatic heterocycles. The first-order valence-corrected chi connectivity index (χ1v) is 9.34. The highest BCUT2D eigenvalue weighted by Gasteiger charge is 2.34. The normalized spacial score (nSPS) is 14.6. The van der Waals surface area contributed by atoms with Gasteiger partial charge in [0.15, 0.2) is 0 Å². The molecule has 1 aliphatic rings. The molecule has 1 N–H and O–H groups in total. The Kier molecular flexibility index (Phi) is 3.78. The van der Waals surface area contributed by atoms with E-state index in [-0.39, 0.29) is 11.9 Å². The molecule has 0 bridgehead atoms. The monoisotopic (exact) mass is 375 g/mol. The second kappa shape index (κ2) is 6.33. The zero-order chi connectivity index (χ0) is 19.3. The number of amides is 1. The molecule has 8 nitrogen and oxygen atoms in total. The average Bonchev–Trinajstić information content (AvgIpc) is 3.34. The summed E-state index contributed by atoms with van der Waals surface area (Å²) in [6.45, 7) is 5.95. The lowest BCUT2D eigenvalue weighted by atomic mass is 10.1. The topological polar surface area (TPSA) is 84.6 Å². The van der Waals surface area contributed by atoms with Crippen molar-refractivity contribution in [1.82, 2.24) is 34.4 Å². The van der Waals surface area contributed by atoms with Crippen LogP contribution in [0.2, 0.25) is 0 Å². The number of aryl methyl sites for hydroxylation is 2. The van der Waals surface area contributed by atoms with E-state index in [1.54, 1.807) is 6.33 Å². The fourth-order valence-electron chi connectivity index (χ4n) is 3.83. The largest absolute Gasteiger partial charge is 0.333 e. The first kappa shape index (κ1) is 16.7. The van der Waals surface area contributed by atoms with Crippen LogP contribution in [0.1, 0.15) is 33.6 Å². The van der Waals surface area contributed by atoms with Gasteiger partial charge in [0.2, 0.25) is 0 Å². The van der Waals surface area contributed by atoms with Crippen molar-refractivity contribution in [1.29, 1.82) is 0 Å². The number of nitrogens with one attached hydrogen (secondary N) is 1. The van der Waals surface area contributed by atoms with Gasteiger partial charge in [0.25, 0.3) is 5.91 Å². The van der Waals surface area contributed by atoms with Crippen LogP contribution >= 0.6 is 0 Å². The van der Waals surface area contributed by atoms with Crippen molar-refractivity contribution in [2.45, 2.75) is 26.4 Å². The molecule has 1 aromatic carbocycles. The minimum absolute atomic E-state index is 0.0456. The number of likely N-dealkylation sites (tertiary alicyclic amines) is 1. The fraction of sp³-hybridized carbons (Fsp3) is 0.300. The van der Waals surface area contributed by atoms with E-state index in [1.807, 2.05) is 58.3 Å². The summed E-state index contributed by atoms with van der Waals surface area (Å²) in [4.78, 5) is 18.9. The van der Waals surface area contributed by atoms with Crippen LogP contribution in [0, 0.1) is 13.8 Å². The predicted molar refractivity (Wildman–Crippen MR) is 104 cm³/mol. The molecular weight excluding hydrogens is 354 g/mol. The van der Waals surface area contributed by atoms with Gasteiger partial charge in [-0.2, -0.15) is 10.2 Å². The molecule has 4 heterocycles. The summed E-state index contributed by atoms with van der Waals surface area (Å²) in [5.41, 5.74) is 5.47. The highest BCUT2D eigenvalue weighted by molar-refractivity contribution is 5.93. The number of para-hydroxylation sites is 2. The number of hydrogen-bond acceptors (Lipinski definition) is 4. The van der Waals surface area contributed by atoms with E-state index in [0.717, 1.165) is 28.1 Å². The Bertz CT molecular complexity index is 1160. The predicted octanol–water partition coefficient (Wildman–Crippen LogP) is 2.32. The van der Waals surface area contributed by atoms with Crippen molar-refractivity contribution < 1.29 is 4.79 Å². The Labute approximate surface area is 161 Å². The van der Waals surface area contributed by atoms with E-state index in [9.17, 15) is 4.79 Å². The van der Waals surface area contributed by atoms with Crippen molar-refractivity contribution in [3.63, 3.8) is 0 Å². The van der Waals surface area contributed by atoms with E-state index >= 15 is 0 Å². The van der Waals surface area contributed by atoms with E-state index in [0.29, 0.717) is 25.3 Å². The molecule has 0 saturated carbocycles. The second-order valence-corrected chi connectivity index (χ2v) is 7.38. The molecule has 0 radical (unpaired) electrons. The average molecular weight is 375 g/mol. The van der Waals surface area contributed by atoms with E-state index < -0.39 is 0 Å². The van der Waals surface area contributed by atoms with Gasteiger partial charge in [-0.15, -0.1) is 0 Å². The number of rotatable bonds is 4. The first-order valence-electron chi connectivity index (χ1n) is 9.34. The van der Waals surface area contributed by atoms with Crippen LogP contribution in [-0.4, -0.2) is 53.4 Å². The minimum atomic E-state index is -0.0456. The molecule has 0 aliphatic carbocycles. The molecule has 1 saturated heterocycles. The molecule has 0 spiro atoms. The molecule has 3 aromatic heterocycles. The third-order valence-electron chi connectivity index (χ3n) is 5.26. The number of imidazole rings is 1. The summed E-state index contributed by atoms with van der Waals surface area (Å²) < 4.78 is 4.05. The number of carbonyl (C=O) groups excluding carboxylic acids is 1. The van der Waals surface area contributed by atoms with Gasteiger partial charge < -0.3 is 9.47 Å². The van der Waals surface area contributed by atoms with Crippen molar-refractivity contribution >= 4 is 16.9 Å². The first-order chi connectivity index (χ1) is 13.6. The summed E-state index contributed by atoms with van der Waals surface area (Å²) in [5.74, 6) is -0.0456. The summed E-state index contributed by atoms with van der Waals surface area (Å²) in [6, 6.07) is 12.1. The molecule has 28 heavy (non-hydrogen) atoms. The van der Waals surface area contributed by atoms with Gasteiger partial charge in [0, 0.05) is 18.8 Å². The van der Waals surface area contributed by atoms with Crippen LogP contribution in [0.5, 0.6) is 0 Å². The van der Waals surface area contributed by atoms with E-state index in [4.69, 9.17) is 0 Å². The van der Waals surface area contributed by atoms with Crippen LogP contribution in [0.3, 0.4) is 0 Å². The van der Waals surface area contributed by atoms with Crippen LogP contribution in [0.4, 0.5) is 0 Å². The third-order valence-corrected chi connectivity index (χ3v) is 5.26. The number of hydrogen-bond donors (Lipinski definition) is 1. The van der Waals surface area contributed by atoms with Crippen LogP contribution in [0.15, 0.2) is 42.7 Å². The zero-order valence-corrected chi connectivity index (χ0v) is 15.8. The molecule has 1 fully saturated rings. The number of nitrogens with zero attached hydrogens (tertiary/aromatic N) is 6. The fourth-order valence-corrected chi connectivity index (χ4v) is 3.83. The van der Waals surface area contributed by atoms with Gasteiger partial charge in [-0.3, -0.25) is 14.6 Å². The molecule has 0 unspecified atom stereocenters. The van der Waals surface area contributed by atoms with E-state index in [2.05, 4.69) is 26.3 Å². The molecule has 4 aromatic rings. The van der Waals surface area contributed by atoms with Crippen molar-refractivity contribution in [3.8, 4) is 0 Å². The lowest BCUT2D eigenvalue weighted by Gasteiger charge is -2.39. The van der Waals surface area contributed by atoms with Crippen LogP contribution in [-0.2, 0) is 6.54 Å². The maximum absolute atomic E-state index is 12.7. The number of aromatic nitrogens is 6. The standard InChI is InChI=1S/C20H21N7O/c1-13-7-14(2)27(24-13)16-10-25(11-16)20(28)18-8-15(22-23-18)9-26-12-21-17-5-3-4-6-19(17)26/h3-8,12,16H,9-11H2,1-2H3,(H,22,23). The highest BCUT2D eigenvalue weighted by Crippen LogP contribution is 2.24. The number of H-pyrrole nitrogens is 1. The van der Waals surface area contributed by atoms with Gasteiger partial charge in [-0.05, 0) is 38.1 Å². The summed E-state index contributed by atoms with van der Waals surface area (Å²) in [6.07, 6.45) is 1.81. The van der Waals surface area contributed by atoms with Crippen molar-refractivity contribution in [2.75, 3.05) is 13.1 Å². The molecular formula is C20H21N7O. The summed E-state index contributed by atoms with van der Waals surface area (Å²) >= 11 is 0. The summed E-state index contributed by atoms with van der Waals surface area (Å²) in [7, 11) is 0. The van der Waals surface area contributed by atoms with Crippen molar-refractivity contribution in [2.24, 2.45) is 0 Å². The lowest BCUT2D eigenvalue weighted by Crippen LogP contribution is -2.51. The number of fused-ring (bicyclic) bond motifs is 1. The molecule has 8 heteroatoms. The quantitative estimate of drug-likeness (QED) is 0.593. The Morgan fingerprint density at radius 1 is 1.21 bits per heavy atom. The van der Waals surface area contributed by atoms with Crippen molar-refractivity contribution in [3.05, 3.63) is 65.5 Å². The third kappa shape index (κ3) is 2.77. The molecule has 1 amide bonds. The van der Waals surface area contributed by atoms with Gasteiger partial charge >= 0.3 is 0 Å². The van der Waals surface area contributed by atoms with E-state index in [1.165, 1.54) is 0 Å². The lowest BCUT2D eigenvalue weighted by molar-refractivity contribution is 0.0491. The van der Waals surface area contributed by atoms with Gasteiger partial charge in [-0.25, -0.2) is 4.98 Å². The molecule has 142 valence electrons. The van der Waals surface area contributed by atoms with Gasteiger partial charge in [-0.1, -0.05) is 12.1 Å². The molecule has 5 rings (SSSR count). The number of benzene rings is 1. The maximum Gasteiger partial charge on any atom is 0.274 e. The number of carbonyl (C=O) groups is 1. The van der Waals surface area contributed by atoms with Crippen LogP contribution < -0.4 is 0 Å². The minimum Gasteiger partial charge on any atom is -0.333 e. The highest BCUT2D eigenvalue weighted by atomic mass is 16.2. The van der Waals surface area contributed by atoms with Gasteiger partial charge in [0.05, 0.1) is 41.3 Å². The smallest absolute Gasteiger partial charge is 0.274 e. The Hall–Kier alpha value is -3.42. The zero-order valence-electron chi connectivity index (χ0n) is 15.8. The molecule has 0 atom stereocenters. The SMILES string of the molecule is Cc1cc(C)n(C2CN(C(=O)c3cc(Cn4cnc5ccccc54)[nH]n3)C2)n1. The Balaban J connectivity index is 1.26. The second-order valence-electron chi connectivity index (χ2n) is 7.38. The maximum atomic E-state index is 12.7. The van der Waals surface area contributed by atoms with Gasteiger partial charge in [0.1, 0.15) is 5.69 Å². The number of aromatic amines is 1.